The molecule has 2 aromatic rings. The number of halogens is 1. The molecule has 0 radical (unpaired) electrons. The maximum Gasteiger partial charge on any atom is 0.258 e. The number of carbonyl (C=O) groups excluding carboxylic acids is 1. The zero-order valence-electron chi connectivity index (χ0n) is 14.0. The molecular formula is C21H18BrNO2. The number of anilines is 1. The molecule has 3 nitrogen and oxygen atoms in total. The van der Waals surface area contributed by atoms with Gasteiger partial charge in [-0.25, -0.2) is 0 Å². The van der Waals surface area contributed by atoms with E-state index < -0.39 is 0 Å². The molecule has 4 heteroatoms. The summed E-state index contributed by atoms with van der Waals surface area (Å²) in [5, 5.41) is 0. The fraction of sp³-hybridized carbons (Fsp3) is 0.190. The summed E-state index contributed by atoms with van der Waals surface area (Å²) in [6, 6.07) is 13.6. The Kier molecular flexibility index (Phi) is 5.25. The Morgan fingerprint density at radius 1 is 1.28 bits per heavy atom. The smallest absolute Gasteiger partial charge is 0.258 e. The molecule has 0 bridgehead atoms. The summed E-state index contributed by atoms with van der Waals surface area (Å²) >= 11 is 3.49. The van der Waals surface area contributed by atoms with Gasteiger partial charge in [-0.05, 0) is 52.2 Å². The summed E-state index contributed by atoms with van der Waals surface area (Å²) in [6.07, 6.45) is 8.06. The van der Waals surface area contributed by atoms with Gasteiger partial charge in [0.05, 0.1) is 10.2 Å². The highest BCUT2D eigenvalue weighted by Gasteiger charge is 2.31. The molecule has 3 rings (SSSR count). The third kappa shape index (κ3) is 3.47. The summed E-state index contributed by atoms with van der Waals surface area (Å²) in [4.78, 5) is 14.7. The molecule has 1 heterocycles. The molecule has 0 unspecified atom stereocenters. The molecule has 0 atom stereocenters. The van der Waals surface area contributed by atoms with E-state index in [2.05, 4.69) is 28.8 Å². The first-order valence-electron chi connectivity index (χ1n) is 8.14. The second-order valence-corrected chi connectivity index (χ2v) is 6.57. The van der Waals surface area contributed by atoms with Crippen LogP contribution in [0.5, 0.6) is 5.75 Å². The van der Waals surface area contributed by atoms with Crippen LogP contribution < -0.4 is 9.64 Å². The van der Waals surface area contributed by atoms with Crippen molar-refractivity contribution >= 4 is 39.2 Å². The monoisotopic (exact) mass is 395 g/mol. The summed E-state index contributed by atoms with van der Waals surface area (Å²) in [5.41, 5.74) is 3.60. The van der Waals surface area contributed by atoms with Gasteiger partial charge in [-0.3, -0.25) is 4.79 Å². The third-order valence-electron chi connectivity index (χ3n) is 3.99. The van der Waals surface area contributed by atoms with Crippen LogP contribution in [-0.4, -0.2) is 19.1 Å². The molecule has 1 aliphatic rings. The van der Waals surface area contributed by atoms with Crippen molar-refractivity contribution in [3.63, 3.8) is 0 Å². The Bertz CT molecular complexity index is 880. The molecular weight excluding hydrogens is 378 g/mol. The lowest BCUT2D eigenvalue weighted by Gasteiger charge is -2.15. The van der Waals surface area contributed by atoms with Crippen LogP contribution in [0.3, 0.4) is 0 Å². The Hall–Kier alpha value is -2.51. The van der Waals surface area contributed by atoms with Crippen molar-refractivity contribution in [3.8, 4) is 18.1 Å². The molecule has 0 N–H and O–H groups in total. The van der Waals surface area contributed by atoms with E-state index in [-0.39, 0.29) is 12.5 Å². The van der Waals surface area contributed by atoms with Crippen LogP contribution in [0.15, 0.2) is 46.9 Å². The predicted molar refractivity (Wildman–Crippen MR) is 105 cm³/mol. The molecule has 0 saturated carbocycles. The van der Waals surface area contributed by atoms with E-state index in [1.165, 1.54) is 0 Å². The van der Waals surface area contributed by atoms with Gasteiger partial charge < -0.3 is 9.64 Å². The number of amides is 1. The van der Waals surface area contributed by atoms with Crippen LogP contribution in [0.4, 0.5) is 5.69 Å². The number of benzene rings is 2. The summed E-state index contributed by atoms with van der Waals surface area (Å²) < 4.78 is 6.27. The van der Waals surface area contributed by atoms with E-state index in [0.717, 1.165) is 34.3 Å². The SMILES string of the molecule is C#CCOc1ccc(/C=C2\C(=O)N(CCC)c3ccccc32)cc1Br. The average Bonchev–Trinajstić information content (AvgIpc) is 2.87. The van der Waals surface area contributed by atoms with Crippen molar-refractivity contribution in [2.75, 3.05) is 18.1 Å². The van der Waals surface area contributed by atoms with Gasteiger partial charge in [0.1, 0.15) is 12.4 Å². The molecule has 0 aliphatic carbocycles. The number of hydrogen-bond donors (Lipinski definition) is 0. The van der Waals surface area contributed by atoms with Crippen molar-refractivity contribution < 1.29 is 9.53 Å². The molecule has 1 aliphatic heterocycles. The third-order valence-corrected chi connectivity index (χ3v) is 4.61. The maximum atomic E-state index is 12.8. The van der Waals surface area contributed by atoms with E-state index >= 15 is 0 Å². The fourth-order valence-electron chi connectivity index (χ4n) is 2.90. The van der Waals surface area contributed by atoms with Crippen LogP contribution in [-0.2, 0) is 4.79 Å². The zero-order valence-corrected chi connectivity index (χ0v) is 15.5. The van der Waals surface area contributed by atoms with Crippen LogP contribution in [0.1, 0.15) is 24.5 Å². The standard InChI is InChI=1S/C21H18BrNO2/c1-3-11-23-19-8-6-5-7-16(19)17(21(23)24)13-15-9-10-20(18(22)14-15)25-12-4-2/h2,5-10,13-14H,3,11-12H2,1H3/b17-13-. The van der Waals surface area contributed by atoms with Gasteiger partial charge in [-0.1, -0.05) is 37.1 Å². The lowest BCUT2D eigenvalue weighted by atomic mass is 10.0. The van der Waals surface area contributed by atoms with Crippen LogP contribution in [0, 0.1) is 12.3 Å². The van der Waals surface area contributed by atoms with Crippen LogP contribution >= 0.6 is 15.9 Å². The number of terminal acetylenes is 1. The molecule has 1 amide bonds. The maximum absolute atomic E-state index is 12.8. The molecule has 126 valence electrons. The first-order chi connectivity index (χ1) is 12.2. The van der Waals surface area contributed by atoms with Gasteiger partial charge in [0.2, 0.25) is 0 Å². The second kappa shape index (κ2) is 7.58. The van der Waals surface area contributed by atoms with Gasteiger partial charge in [0.25, 0.3) is 5.91 Å². The molecule has 0 saturated heterocycles. The number of nitrogens with zero attached hydrogens (tertiary/aromatic N) is 1. The highest BCUT2D eigenvalue weighted by atomic mass is 79.9. The largest absolute Gasteiger partial charge is 0.480 e. The average molecular weight is 396 g/mol. The van der Waals surface area contributed by atoms with Crippen molar-refractivity contribution in [2.45, 2.75) is 13.3 Å². The lowest BCUT2D eigenvalue weighted by molar-refractivity contribution is -0.113. The molecule has 25 heavy (non-hydrogen) atoms. The number of carbonyl (C=O) groups is 1. The number of hydrogen-bond acceptors (Lipinski definition) is 2. The van der Waals surface area contributed by atoms with Gasteiger partial charge in [-0.2, -0.15) is 0 Å². The van der Waals surface area contributed by atoms with Gasteiger partial charge in [0.15, 0.2) is 0 Å². The number of ether oxygens (including phenoxy) is 1. The van der Waals surface area contributed by atoms with Crippen LogP contribution in [0.25, 0.3) is 11.6 Å². The van der Waals surface area contributed by atoms with E-state index in [1.54, 1.807) is 0 Å². The van der Waals surface area contributed by atoms with Crippen molar-refractivity contribution in [1.82, 2.24) is 0 Å². The minimum Gasteiger partial charge on any atom is -0.480 e. The van der Waals surface area contributed by atoms with Gasteiger partial charge in [-0.15, -0.1) is 6.42 Å². The van der Waals surface area contributed by atoms with E-state index in [4.69, 9.17) is 11.2 Å². The summed E-state index contributed by atoms with van der Waals surface area (Å²) in [7, 11) is 0. The minimum atomic E-state index is 0.0480. The Morgan fingerprint density at radius 2 is 2.08 bits per heavy atom. The summed E-state index contributed by atoms with van der Waals surface area (Å²) in [5.74, 6) is 3.18. The van der Waals surface area contributed by atoms with Gasteiger partial charge >= 0.3 is 0 Å². The highest BCUT2D eigenvalue weighted by Crippen LogP contribution is 2.38. The highest BCUT2D eigenvalue weighted by molar-refractivity contribution is 9.10. The van der Waals surface area contributed by atoms with Crippen molar-refractivity contribution in [3.05, 3.63) is 58.1 Å². The van der Waals surface area contributed by atoms with E-state index in [1.807, 2.05) is 53.4 Å². The Balaban J connectivity index is 1.97. The quantitative estimate of drug-likeness (QED) is 0.539. The van der Waals surface area contributed by atoms with Gasteiger partial charge in [0, 0.05) is 17.7 Å². The second-order valence-electron chi connectivity index (χ2n) is 5.71. The van der Waals surface area contributed by atoms with Crippen molar-refractivity contribution in [2.24, 2.45) is 0 Å². The molecule has 0 aromatic heterocycles. The first-order valence-corrected chi connectivity index (χ1v) is 8.93. The topological polar surface area (TPSA) is 29.5 Å². The van der Waals surface area contributed by atoms with Crippen LogP contribution in [0.2, 0.25) is 0 Å². The number of para-hydroxylation sites is 1. The number of fused-ring (bicyclic) bond motifs is 1. The van der Waals surface area contributed by atoms with E-state index in [9.17, 15) is 4.79 Å². The van der Waals surface area contributed by atoms with E-state index in [0.29, 0.717) is 11.3 Å². The minimum absolute atomic E-state index is 0.0480. The molecule has 0 spiro atoms. The molecule has 0 fully saturated rings. The normalized spacial score (nSPS) is 14.5. The number of rotatable bonds is 5. The first kappa shape index (κ1) is 17.3. The summed E-state index contributed by atoms with van der Waals surface area (Å²) in [6.45, 7) is 3.01. The fourth-order valence-corrected chi connectivity index (χ4v) is 3.41. The Labute approximate surface area is 156 Å². The lowest BCUT2D eigenvalue weighted by Crippen LogP contribution is -2.26. The molecule has 2 aromatic carbocycles. The predicted octanol–water partition coefficient (Wildman–Crippen LogP) is 4.76. The van der Waals surface area contributed by atoms with Crippen molar-refractivity contribution in [1.29, 1.82) is 0 Å². The Morgan fingerprint density at radius 3 is 2.80 bits per heavy atom. The zero-order chi connectivity index (χ0) is 17.8.